The summed E-state index contributed by atoms with van der Waals surface area (Å²) < 4.78 is 112. The molecule has 3 aliphatic rings. The van der Waals surface area contributed by atoms with Gasteiger partial charge in [0.1, 0.15) is 17.6 Å². The number of halogens is 6. The van der Waals surface area contributed by atoms with Crippen molar-refractivity contribution in [1.29, 1.82) is 0 Å². The maximum Gasteiger partial charge on any atom is 0.426 e. The Morgan fingerprint density at radius 2 is 1.90 bits per heavy atom. The van der Waals surface area contributed by atoms with Crippen LogP contribution in [0.1, 0.15) is 40.6 Å². The van der Waals surface area contributed by atoms with Crippen LogP contribution in [0, 0.1) is 11.7 Å². The highest BCUT2D eigenvalue weighted by Crippen LogP contribution is 2.51. The first-order valence-corrected chi connectivity index (χ1v) is 12.5. The molecule has 0 radical (unpaired) electrons. The summed E-state index contributed by atoms with van der Waals surface area (Å²) in [7, 11) is 0. The normalized spacial score (nSPS) is 29.9. The van der Waals surface area contributed by atoms with Crippen LogP contribution in [0.25, 0.3) is 0 Å². The molecule has 0 saturated carbocycles. The van der Waals surface area contributed by atoms with Gasteiger partial charge in [0.05, 0.1) is 6.61 Å². The number of hydrogen-bond donors (Lipinski definition) is 0. The number of amides is 2. The van der Waals surface area contributed by atoms with Gasteiger partial charge in [-0.25, -0.2) is 13.2 Å². The van der Waals surface area contributed by atoms with Crippen molar-refractivity contribution in [1.82, 2.24) is 9.80 Å². The molecule has 5 atom stereocenters. The average Bonchev–Trinajstić information content (AvgIpc) is 3.22. The average molecular weight is 558 g/mol. The van der Waals surface area contributed by atoms with Crippen LogP contribution in [0.3, 0.4) is 0 Å². The summed E-state index contributed by atoms with van der Waals surface area (Å²) in [6.07, 6.45) is -7.37. The molecular formula is C28H28F6N2O3. The molecule has 0 N–H and O–H groups in total. The van der Waals surface area contributed by atoms with Gasteiger partial charge >= 0.3 is 6.18 Å². The molecule has 3 unspecified atom stereocenters. The van der Waals surface area contributed by atoms with E-state index in [9.17, 15) is 35.9 Å². The van der Waals surface area contributed by atoms with Gasteiger partial charge in [-0.15, -0.1) is 0 Å². The van der Waals surface area contributed by atoms with Crippen LogP contribution in [-0.2, 0) is 27.1 Å². The number of rotatable bonds is 4. The molecule has 5 rings (SSSR count). The van der Waals surface area contributed by atoms with Gasteiger partial charge < -0.3 is 14.5 Å². The minimum absolute atomic E-state index is 0.0150. The molecule has 2 amide bonds. The van der Waals surface area contributed by atoms with Crippen LogP contribution in [-0.4, -0.2) is 66.7 Å². The number of likely N-dealkylation sites (N-methyl/N-ethyl adjacent to an activating group) is 1. The van der Waals surface area contributed by atoms with Crippen molar-refractivity contribution in [3.8, 4) is 5.75 Å². The fourth-order valence-corrected chi connectivity index (χ4v) is 5.96. The van der Waals surface area contributed by atoms with Crippen LogP contribution < -0.4 is 4.74 Å². The number of likely N-dealkylation sites (tertiary alicyclic amines) is 2. The summed E-state index contributed by atoms with van der Waals surface area (Å²) >= 11 is 0. The Labute approximate surface area is 225 Å². The highest BCUT2D eigenvalue weighted by atomic mass is 19.4. The number of nitrogens with zero attached hydrogens (tertiary/aromatic N) is 2. The zero-order valence-corrected chi connectivity index (χ0v) is 20.9. The number of piperidine rings is 1. The molecule has 0 aromatic heterocycles. The molecule has 11 heteroatoms. The quantitative estimate of drug-likeness (QED) is 0.505. The molecule has 39 heavy (non-hydrogen) atoms. The van der Waals surface area contributed by atoms with Crippen LogP contribution in [0.15, 0.2) is 42.5 Å². The summed E-state index contributed by atoms with van der Waals surface area (Å²) in [6, 6.07) is 7.65. The van der Waals surface area contributed by atoms with Crippen LogP contribution >= 0.6 is 0 Å². The molecular weight excluding hydrogens is 526 g/mol. The first-order valence-electron chi connectivity index (χ1n) is 14.0. The molecule has 2 saturated heterocycles. The van der Waals surface area contributed by atoms with Gasteiger partial charge in [-0.1, -0.05) is 24.3 Å². The minimum Gasteiger partial charge on any atom is -0.493 e. The predicted octanol–water partition coefficient (Wildman–Crippen LogP) is 4.86. The molecule has 0 spiro atoms. The summed E-state index contributed by atoms with van der Waals surface area (Å²) in [6.45, 7) is -2.60. The van der Waals surface area contributed by atoms with Gasteiger partial charge in [0, 0.05) is 53.1 Å². The lowest BCUT2D eigenvalue weighted by molar-refractivity contribution is -0.228. The third kappa shape index (κ3) is 4.53. The second kappa shape index (κ2) is 9.45. The summed E-state index contributed by atoms with van der Waals surface area (Å²) in [5.74, 6) is -2.88. The van der Waals surface area contributed by atoms with Gasteiger partial charge in [-0.2, -0.15) is 13.2 Å². The summed E-state index contributed by atoms with van der Waals surface area (Å²) in [5.41, 5.74) is -3.89. The number of ether oxygens (including phenoxy) is 1. The molecule has 5 nitrogen and oxygen atoms in total. The van der Waals surface area contributed by atoms with E-state index in [1.165, 1.54) is 23.1 Å². The zero-order valence-electron chi connectivity index (χ0n) is 23.9. The van der Waals surface area contributed by atoms with Gasteiger partial charge in [0.15, 0.2) is 6.17 Å². The van der Waals surface area contributed by atoms with E-state index in [1.807, 2.05) is 0 Å². The third-order valence-electron chi connectivity index (χ3n) is 8.36. The van der Waals surface area contributed by atoms with Gasteiger partial charge in [-0.3, -0.25) is 9.59 Å². The SMILES string of the molecule is [2H]C([2H])([2H])N1C(=O)[C@@H](F)C[C@H]1C(=O)N1CCC2(Cc3ccc(F)cc3)c3ccc(C(C)(F)C(F)(F)F)cc3OCC2C1. The van der Waals surface area contributed by atoms with E-state index in [2.05, 4.69) is 0 Å². The Bertz CT molecular complexity index is 1380. The number of carbonyl (C=O) groups excluding carboxylic acids is 2. The van der Waals surface area contributed by atoms with E-state index in [-0.39, 0.29) is 38.3 Å². The standard InChI is InChI=1S/C28H28F6N2O3/c1-26(31,28(32,33)34)17-5-8-20-23(11-17)39-15-18-14-36(25(38)22-12-21(30)24(37)35(22)2)10-9-27(18,20)13-16-3-6-19(29)7-4-16/h3-8,11,18,21-22H,9-10,12-15H2,1-2H3/t18?,21-,22-,26?,27?/m0/s1/i2D3. The second-order valence-corrected chi connectivity index (χ2v) is 10.6. The number of benzene rings is 2. The zero-order chi connectivity index (χ0) is 30.8. The lowest BCUT2D eigenvalue weighted by atomic mass is 9.61. The minimum atomic E-state index is -5.17. The van der Waals surface area contributed by atoms with Crippen molar-refractivity contribution in [3.63, 3.8) is 0 Å². The van der Waals surface area contributed by atoms with Gasteiger partial charge in [-0.05, 0) is 43.5 Å². The lowest BCUT2D eigenvalue weighted by Gasteiger charge is -2.51. The third-order valence-corrected chi connectivity index (χ3v) is 8.36. The van der Waals surface area contributed by atoms with E-state index >= 15 is 0 Å². The van der Waals surface area contributed by atoms with E-state index in [0.717, 1.165) is 12.1 Å². The Balaban J connectivity index is 1.50. The first kappa shape index (κ1) is 23.6. The Hall–Kier alpha value is -3.24. The van der Waals surface area contributed by atoms with Crippen LogP contribution in [0.2, 0.25) is 0 Å². The first-order chi connectivity index (χ1) is 19.5. The fraction of sp³-hybridized carbons (Fsp3) is 0.500. The maximum absolute atomic E-state index is 14.8. The van der Waals surface area contributed by atoms with Crippen molar-refractivity contribution in [3.05, 3.63) is 65.0 Å². The molecule has 3 aliphatic heterocycles. The predicted molar refractivity (Wildman–Crippen MR) is 129 cm³/mol. The van der Waals surface area contributed by atoms with E-state index in [1.54, 1.807) is 12.1 Å². The molecule has 2 fully saturated rings. The van der Waals surface area contributed by atoms with Crippen molar-refractivity contribution < 1.29 is 44.8 Å². The number of fused-ring (bicyclic) bond motifs is 3. The smallest absolute Gasteiger partial charge is 0.426 e. The Morgan fingerprint density at radius 1 is 1.18 bits per heavy atom. The maximum atomic E-state index is 14.8. The van der Waals surface area contributed by atoms with Crippen molar-refractivity contribution in [2.45, 2.75) is 55.7 Å². The highest BCUT2D eigenvalue weighted by molar-refractivity contribution is 5.93. The van der Waals surface area contributed by atoms with E-state index in [0.29, 0.717) is 23.0 Å². The van der Waals surface area contributed by atoms with Crippen LogP contribution in [0.5, 0.6) is 5.75 Å². The topological polar surface area (TPSA) is 49.9 Å². The lowest BCUT2D eigenvalue weighted by Crippen LogP contribution is -2.58. The summed E-state index contributed by atoms with van der Waals surface area (Å²) in [4.78, 5) is 27.4. The van der Waals surface area contributed by atoms with E-state index in [4.69, 9.17) is 8.85 Å². The Morgan fingerprint density at radius 3 is 2.56 bits per heavy atom. The Kier molecular flexibility index (Phi) is 5.72. The summed E-state index contributed by atoms with van der Waals surface area (Å²) in [5, 5.41) is 0. The number of alkyl halides is 5. The molecule has 2 aromatic rings. The second-order valence-electron chi connectivity index (χ2n) is 10.6. The largest absolute Gasteiger partial charge is 0.493 e. The molecule has 2 aromatic carbocycles. The number of hydrogen-bond acceptors (Lipinski definition) is 3. The van der Waals surface area contributed by atoms with Gasteiger partial charge in [0.2, 0.25) is 11.6 Å². The van der Waals surface area contributed by atoms with E-state index < -0.39 is 72.0 Å². The van der Waals surface area contributed by atoms with Crippen molar-refractivity contribution in [2.24, 2.45) is 5.92 Å². The molecule has 210 valence electrons. The van der Waals surface area contributed by atoms with Crippen LogP contribution in [0.4, 0.5) is 26.3 Å². The molecule has 0 aliphatic carbocycles. The monoisotopic (exact) mass is 557 g/mol. The van der Waals surface area contributed by atoms with Gasteiger partial charge in [0.25, 0.3) is 5.91 Å². The fourth-order valence-electron chi connectivity index (χ4n) is 5.96. The highest BCUT2D eigenvalue weighted by Gasteiger charge is 2.55. The van der Waals surface area contributed by atoms with Crippen molar-refractivity contribution in [2.75, 3.05) is 26.7 Å². The van der Waals surface area contributed by atoms with Crippen molar-refractivity contribution >= 4 is 11.8 Å². The molecule has 0 bridgehead atoms. The number of carbonyl (C=O) groups is 2. The molecule has 3 heterocycles.